The fourth-order valence-electron chi connectivity index (χ4n) is 2.88. The van der Waals surface area contributed by atoms with Gasteiger partial charge in [0.2, 0.25) is 0 Å². The Hall–Kier alpha value is -2.26. The Morgan fingerprint density at radius 2 is 1.95 bits per heavy atom. The fourth-order valence-corrected chi connectivity index (χ4v) is 3.05. The molecule has 0 aliphatic carbocycles. The van der Waals surface area contributed by atoms with E-state index in [0.717, 1.165) is 33.3 Å². The second-order valence-electron chi connectivity index (χ2n) is 5.56. The molecule has 3 nitrogen and oxygen atoms in total. The number of fused-ring (bicyclic) bond motifs is 1. The number of rotatable bonds is 3. The lowest BCUT2D eigenvalue weighted by atomic mass is 9.98. The molecule has 0 bridgehead atoms. The van der Waals surface area contributed by atoms with Gasteiger partial charge in [-0.3, -0.25) is 4.79 Å². The third-order valence-corrected chi connectivity index (χ3v) is 4.08. The highest BCUT2D eigenvalue weighted by molar-refractivity contribution is 6.31. The number of aromatic nitrogens is 1. The summed E-state index contributed by atoms with van der Waals surface area (Å²) in [6.07, 6.45) is -0.0387. The molecule has 0 saturated carbocycles. The van der Waals surface area contributed by atoms with Crippen LogP contribution in [0.25, 0.3) is 22.2 Å². The van der Waals surface area contributed by atoms with E-state index in [2.05, 4.69) is 11.1 Å². The summed E-state index contributed by atoms with van der Waals surface area (Å²) in [5, 5.41) is 10.7. The van der Waals surface area contributed by atoms with Crippen LogP contribution in [0.2, 0.25) is 5.02 Å². The van der Waals surface area contributed by atoms with Crippen molar-refractivity contribution in [3.05, 3.63) is 58.1 Å². The summed E-state index contributed by atoms with van der Waals surface area (Å²) in [6, 6.07) is 11.7. The number of carbonyl (C=O) groups is 1. The Bertz CT molecular complexity index is 880. The highest BCUT2D eigenvalue weighted by atomic mass is 35.5. The molecule has 22 heavy (non-hydrogen) atoms. The van der Waals surface area contributed by atoms with Gasteiger partial charge in [-0.1, -0.05) is 35.4 Å². The Labute approximate surface area is 133 Å². The van der Waals surface area contributed by atoms with Crippen molar-refractivity contribution in [2.24, 2.45) is 0 Å². The van der Waals surface area contributed by atoms with Gasteiger partial charge in [-0.2, -0.15) is 0 Å². The standard InChI is InChI=1S/C18H16ClNO2/c1-10-3-5-13(11(2)7-10)18-15(9-17(21)22)14-8-12(19)4-6-16(14)20-18/h3-8,20H,9H2,1-2H3,(H,21,22). The van der Waals surface area contributed by atoms with E-state index in [9.17, 15) is 9.90 Å². The number of aromatic amines is 1. The summed E-state index contributed by atoms with van der Waals surface area (Å²) in [5.41, 5.74) is 5.85. The molecule has 3 aromatic rings. The van der Waals surface area contributed by atoms with Crippen LogP contribution >= 0.6 is 11.6 Å². The van der Waals surface area contributed by atoms with E-state index in [-0.39, 0.29) is 6.42 Å². The number of aliphatic carboxylic acids is 1. The van der Waals surface area contributed by atoms with Gasteiger partial charge in [0.1, 0.15) is 0 Å². The number of carboxylic acid groups (broad SMARTS) is 1. The van der Waals surface area contributed by atoms with E-state index in [0.29, 0.717) is 5.02 Å². The van der Waals surface area contributed by atoms with Crippen LogP contribution in [-0.4, -0.2) is 16.1 Å². The lowest BCUT2D eigenvalue weighted by Gasteiger charge is -2.08. The summed E-state index contributed by atoms with van der Waals surface area (Å²) in [4.78, 5) is 14.6. The molecule has 0 saturated heterocycles. The number of hydrogen-bond acceptors (Lipinski definition) is 1. The van der Waals surface area contributed by atoms with Crippen LogP contribution in [0.15, 0.2) is 36.4 Å². The van der Waals surface area contributed by atoms with Crippen LogP contribution in [0.5, 0.6) is 0 Å². The third kappa shape index (κ3) is 2.60. The van der Waals surface area contributed by atoms with Crippen LogP contribution in [-0.2, 0) is 11.2 Å². The van der Waals surface area contributed by atoms with Crippen LogP contribution in [0.1, 0.15) is 16.7 Å². The molecule has 0 amide bonds. The van der Waals surface area contributed by atoms with E-state index in [1.807, 2.05) is 38.1 Å². The molecule has 0 unspecified atom stereocenters. The Morgan fingerprint density at radius 1 is 1.18 bits per heavy atom. The summed E-state index contributed by atoms with van der Waals surface area (Å²) in [6.45, 7) is 4.07. The normalized spacial score (nSPS) is 11.0. The Kier molecular flexibility index (Phi) is 3.67. The van der Waals surface area contributed by atoms with Gasteiger partial charge in [0.05, 0.1) is 12.1 Å². The average molecular weight is 314 g/mol. The second kappa shape index (κ2) is 5.50. The number of H-pyrrole nitrogens is 1. The number of carboxylic acids is 1. The van der Waals surface area contributed by atoms with E-state index in [1.165, 1.54) is 5.56 Å². The molecular formula is C18H16ClNO2. The van der Waals surface area contributed by atoms with Gasteiger partial charge in [0.15, 0.2) is 0 Å². The molecule has 1 aromatic heterocycles. The topological polar surface area (TPSA) is 53.1 Å². The summed E-state index contributed by atoms with van der Waals surface area (Å²) in [5.74, 6) is -0.855. The summed E-state index contributed by atoms with van der Waals surface area (Å²) < 4.78 is 0. The smallest absolute Gasteiger partial charge is 0.307 e. The van der Waals surface area contributed by atoms with E-state index in [4.69, 9.17) is 11.6 Å². The number of halogens is 1. The van der Waals surface area contributed by atoms with E-state index >= 15 is 0 Å². The molecule has 2 aromatic carbocycles. The highest BCUT2D eigenvalue weighted by Gasteiger charge is 2.17. The minimum atomic E-state index is -0.855. The zero-order valence-electron chi connectivity index (χ0n) is 12.4. The largest absolute Gasteiger partial charge is 0.481 e. The Morgan fingerprint density at radius 3 is 2.64 bits per heavy atom. The minimum absolute atomic E-state index is 0.0387. The van der Waals surface area contributed by atoms with Gasteiger partial charge in [0, 0.05) is 21.5 Å². The van der Waals surface area contributed by atoms with Crippen LogP contribution < -0.4 is 0 Å². The molecule has 0 spiro atoms. The van der Waals surface area contributed by atoms with Gasteiger partial charge in [0.25, 0.3) is 0 Å². The lowest BCUT2D eigenvalue weighted by Crippen LogP contribution is -2.01. The van der Waals surface area contributed by atoms with Gasteiger partial charge >= 0.3 is 5.97 Å². The molecule has 0 aliphatic heterocycles. The van der Waals surface area contributed by atoms with Crippen LogP contribution in [0.4, 0.5) is 0 Å². The average Bonchev–Trinajstić information content (AvgIpc) is 2.76. The zero-order chi connectivity index (χ0) is 15.9. The fraction of sp³-hybridized carbons (Fsp3) is 0.167. The van der Waals surface area contributed by atoms with Gasteiger partial charge in [-0.15, -0.1) is 0 Å². The number of benzene rings is 2. The predicted octanol–water partition coefficient (Wildman–Crippen LogP) is 4.73. The zero-order valence-corrected chi connectivity index (χ0v) is 13.2. The molecular weight excluding hydrogens is 298 g/mol. The first-order chi connectivity index (χ1) is 10.5. The van der Waals surface area contributed by atoms with Gasteiger partial charge in [-0.05, 0) is 43.2 Å². The van der Waals surface area contributed by atoms with Crippen molar-refractivity contribution in [2.45, 2.75) is 20.3 Å². The summed E-state index contributed by atoms with van der Waals surface area (Å²) in [7, 11) is 0. The van der Waals surface area contributed by atoms with Crippen molar-refractivity contribution in [1.82, 2.24) is 4.98 Å². The quantitative estimate of drug-likeness (QED) is 0.734. The maximum Gasteiger partial charge on any atom is 0.307 e. The molecule has 112 valence electrons. The predicted molar refractivity (Wildman–Crippen MR) is 89.6 cm³/mol. The first kappa shape index (κ1) is 14.7. The second-order valence-corrected chi connectivity index (χ2v) is 5.99. The van der Waals surface area contributed by atoms with Gasteiger partial charge in [-0.25, -0.2) is 0 Å². The SMILES string of the molecule is Cc1ccc(-c2[nH]c3ccc(Cl)cc3c2CC(=O)O)c(C)c1. The molecule has 0 aliphatic rings. The van der Waals surface area contributed by atoms with Crippen LogP contribution in [0.3, 0.4) is 0 Å². The van der Waals surface area contributed by atoms with E-state index < -0.39 is 5.97 Å². The molecule has 2 N–H and O–H groups in total. The molecule has 0 fully saturated rings. The maximum atomic E-state index is 11.3. The highest BCUT2D eigenvalue weighted by Crippen LogP contribution is 2.34. The van der Waals surface area contributed by atoms with Crippen molar-refractivity contribution >= 4 is 28.5 Å². The Balaban J connectivity index is 2.30. The molecule has 0 atom stereocenters. The summed E-state index contributed by atoms with van der Waals surface area (Å²) >= 11 is 6.07. The monoisotopic (exact) mass is 313 g/mol. The number of hydrogen-bond donors (Lipinski definition) is 2. The van der Waals surface area contributed by atoms with Crippen molar-refractivity contribution in [3.63, 3.8) is 0 Å². The number of nitrogens with one attached hydrogen (secondary N) is 1. The van der Waals surface area contributed by atoms with Crippen LogP contribution in [0, 0.1) is 13.8 Å². The molecule has 3 rings (SSSR count). The minimum Gasteiger partial charge on any atom is -0.481 e. The first-order valence-corrected chi connectivity index (χ1v) is 7.43. The van der Waals surface area contributed by atoms with Crippen molar-refractivity contribution in [2.75, 3.05) is 0 Å². The molecule has 1 heterocycles. The third-order valence-electron chi connectivity index (χ3n) is 3.85. The molecule has 0 radical (unpaired) electrons. The van der Waals surface area contributed by atoms with Crippen molar-refractivity contribution in [1.29, 1.82) is 0 Å². The van der Waals surface area contributed by atoms with E-state index in [1.54, 1.807) is 6.07 Å². The van der Waals surface area contributed by atoms with Gasteiger partial charge < -0.3 is 10.1 Å². The van der Waals surface area contributed by atoms with Crippen molar-refractivity contribution in [3.8, 4) is 11.3 Å². The van der Waals surface area contributed by atoms with Crippen molar-refractivity contribution < 1.29 is 9.90 Å². The first-order valence-electron chi connectivity index (χ1n) is 7.05. The number of aryl methyl sites for hydroxylation is 2. The lowest BCUT2D eigenvalue weighted by molar-refractivity contribution is -0.136. The molecule has 4 heteroatoms. The maximum absolute atomic E-state index is 11.3.